The summed E-state index contributed by atoms with van der Waals surface area (Å²) in [5.74, 6) is -0.860. The molecule has 1 heterocycles. The molecule has 1 rings (SSSR count). The lowest BCUT2D eigenvalue weighted by Crippen LogP contribution is -2.57. The number of methoxy groups -OCH3 is 2. The zero-order valence-electron chi connectivity index (χ0n) is 17.0. The van der Waals surface area contributed by atoms with Crippen molar-refractivity contribution in [1.29, 1.82) is 0 Å². The van der Waals surface area contributed by atoms with Crippen LogP contribution in [0.3, 0.4) is 0 Å². The molecule has 0 unspecified atom stereocenters. The Morgan fingerprint density at radius 2 is 1.65 bits per heavy atom. The SMILES string of the molecule is COC(=O)[C@H]1C[C@H](OC)CN1C(=O)[C@@H](NC(=O)OC(C)(C)C)C(C)(C)C. The van der Waals surface area contributed by atoms with E-state index in [0.29, 0.717) is 6.42 Å². The summed E-state index contributed by atoms with van der Waals surface area (Å²) < 4.78 is 15.4. The third-order valence-corrected chi connectivity index (χ3v) is 4.13. The first kappa shape index (κ1) is 22.2. The number of nitrogens with zero attached hydrogens (tertiary/aromatic N) is 1. The zero-order chi connectivity index (χ0) is 20.3. The Morgan fingerprint density at radius 3 is 2.08 bits per heavy atom. The number of alkyl carbamates (subject to hydrolysis) is 1. The molecule has 8 heteroatoms. The molecule has 1 saturated heterocycles. The fraction of sp³-hybridized carbons (Fsp3) is 0.833. The highest BCUT2D eigenvalue weighted by atomic mass is 16.6. The number of nitrogens with one attached hydrogen (secondary N) is 1. The third-order valence-electron chi connectivity index (χ3n) is 4.13. The van der Waals surface area contributed by atoms with Crippen LogP contribution in [0.15, 0.2) is 0 Å². The van der Waals surface area contributed by atoms with E-state index >= 15 is 0 Å². The van der Waals surface area contributed by atoms with E-state index in [0.717, 1.165) is 0 Å². The quantitative estimate of drug-likeness (QED) is 0.755. The molecule has 1 aliphatic rings. The molecule has 0 spiro atoms. The molecule has 1 N–H and O–H groups in total. The van der Waals surface area contributed by atoms with Crippen LogP contribution in [-0.4, -0.2) is 67.4 Å². The molecule has 0 bridgehead atoms. The maximum absolute atomic E-state index is 13.2. The summed E-state index contributed by atoms with van der Waals surface area (Å²) in [4.78, 5) is 38.9. The van der Waals surface area contributed by atoms with Crippen molar-refractivity contribution in [1.82, 2.24) is 10.2 Å². The van der Waals surface area contributed by atoms with Crippen LogP contribution in [0.2, 0.25) is 0 Å². The highest BCUT2D eigenvalue weighted by molar-refractivity contribution is 5.91. The van der Waals surface area contributed by atoms with Gasteiger partial charge in [-0.15, -0.1) is 0 Å². The number of amides is 2. The van der Waals surface area contributed by atoms with E-state index < -0.39 is 35.2 Å². The standard InChI is InChI=1S/C18H32N2O6/c1-17(2,3)13(19-16(23)26-18(4,5)6)14(21)20-10-11(24-7)9-12(20)15(22)25-8/h11-13H,9-10H2,1-8H3,(H,19,23)/t11-,12+,13+/m0/s1. The molecule has 2 amide bonds. The largest absolute Gasteiger partial charge is 0.467 e. The molecule has 0 aromatic rings. The molecule has 0 saturated carbocycles. The fourth-order valence-electron chi connectivity index (χ4n) is 2.81. The normalized spacial score (nSPS) is 21.9. The van der Waals surface area contributed by atoms with E-state index in [4.69, 9.17) is 14.2 Å². The van der Waals surface area contributed by atoms with Gasteiger partial charge in [-0.1, -0.05) is 20.8 Å². The van der Waals surface area contributed by atoms with Gasteiger partial charge in [0.2, 0.25) is 5.91 Å². The number of rotatable bonds is 4. The molecule has 8 nitrogen and oxygen atoms in total. The van der Waals surface area contributed by atoms with Crippen LogP contribution in [0.25, 0.3) is 0 Å². The first-order valence-corrected chi connectivity index (χ1v) is 8.70. The summed E-state index contributed by atoms with van der Waals surface area (Å²) in [5, 5.41) is 2.66. The number of hydrogen-bond donors (Lipinski definition) is 1. The van der Waals surface area contributed by atoms with Gasteiger partial charge in [0.25, 0.3) is 0 Å². The van der Waals surface area contributed by atoms with E-state index in [2.05, 4.69) is 5.32 Å². The van der Waals surface area contributed by atoms with Gasteiger partial charge in [0, 0.05) is 20.1 Å². The smallest absolute Gasteiger partial charge is 0.408 e. The Kier molecular flexibility index (Phi) is 7.04. The van der Waals surface area contributed by atoms with Crippen molar-refractivity contribution in [3.63, 3.8) is 0 Å². The Morgan fingerprint density at radius 1 is 1.08 bits per heavy atom. The minimum atomic E-state index is -0.861. The molecule has 0 aliphatic carbocycles. The first-order valence-electron chi connectivity index (χ1n) is 8.70. The van der Waals surface area contributed by atoms with Gasteiger partial charge >= 0.3 is 12.1 Å². The summed E-state index contributed by atoms with van der Waals surface area (Å²) in [6.07, 6.45) is -0.578. The van der Waals surface area contributed by atoms with Crippen molar-refractivity contribution in [3.05, 3.63) is 0 Å². The lowest BCUT2D eigenvalue weighted by molar-refractivity contribution is -0.152. The summed E-state index contributed by atoms with van der Waals surface area (Å²) in [7, 11) is 2.82. The highest BCUT2D eigenvalue weighted by Crippen LogP contribution is 2.27. The topological polar surface area (TPSA) is 94.2 Å². The third kappa shape index (κ3) is 5.86. The Labute approximate surface area is 155 Å². The molecule has 150 valence electrons. The molecule has 0 aromatic heterocycles. The monoisotopic (exact) mass is 372 g/mol. The van der Waals surface area contributed by atoms with Crippen molar-refractivity contribution in [2.75, 3.05) is 20.8 Å². The summed E-state index contributed by atoms with van der Waals surface area (Å²) in [5.41, 5.74) is -1.27. The van der Waals surface area contributed by atoms with Gasteiger partial charge < -0.3 is 24.4 Å². The maximum Gasteiger partial charge on any atom is 0.408 e. The van der Waals surface area contributed by atoms with Crippen LogP contribution in [0.4, 0.5) is 4.79 Å². The number of hydrogen-bond acceptors (Lipinski definition) is 6. The van der Waals surface area contributed by atoms with Crippen LogP contribution in [0.5, 0.6) is 0 Å². The summed E-state index contributed by atoms with van der Waals surface area (Å²) in [6.45, 7) is 11.0. The minimum absolute atomic E-state index is 0.259. The number of ether oxygens (including phenoxy) is 3. The molecule has 0 radical (unpaired) electrons. The van der Waals surface area contributed by atoms with Crippen LogP contribution >= 0.6 is 0 Å². The Hall–Kier alpha value is -1.83. The highest BCUT2D eigenvalue weighted by Gasteiger charge is 2.45. The molecule has 0 aromatic carbocycles. The second kappa shape index (κ2) is 8.24. The van der Waals surface area contributed by atoms with Gasteiger partial charge in [0.05, 0.1) is 13.2 Å². The van der Waals surface area contributed by atoms with Crippen molar-refractivity contribution >= 4 is 18.0 Å². The van der Waals surface area contributed by atoms with Crippen molar-refractivity contribution in [3.8, 4) is 0 Å². The molecule has 1 aliphatic heterocycles. The zero-order valence-corrected chi connectivity index (χ0v) is 17.0. The van der Waals surface area contributed by atoms with Crippen molar-refractivity contribution < 1.29 is 28.6 Å². The summed E-state index contributed by atoms with van der Waals surface area (Å²) in [6, 6.07) is -1.59. The van der Waals surface area contributed by atoms with E-state index in [1.807, 2.05) is 20.8 Å². The fourth-order valence-corrected chi connectivity index (χ4v) is 2.81. The van der Waals surface area contributed by atoms with Gasteiger partial charge in [-0.2, -0.15) is 0 Å². The number of likely N-dealkylation sites (tertiary alicyclic amines) is 1. The van der Waals surface area contributed by atoms with Gasteiger partial charge in [-0.25, -0.2) is 9.59 Å². The lowest BCUT2D eigenvalue weighted by atomic mass is 9.85. The number of carbonyl (C=O) groups is 3. The van der Waals surface area contributed by atoms with Gasteiger partial charge in [-0.05, 0) is 26.2 Å². The Bertz CT molecular complexity index is 535. The van der Waals surface area contributed by atoms with Crippen LogP contribution in [0, 0.1) is 5.41 Å². The predicted octanol–water partition coefficient (Wildman–Crippen LogP) is 1.71. The van der Waals surface area contributed by atoms with Crippen LogP contribution < -0.4 is 5.32 Å². The average molecular weight is 372 g/mol. The molecular weight excluding hydrogens is 340 g/mol. The second-order valence-corrected chi connectivity index (χ2v) is 8.57. The van der Waals surface area contributed by atoms with Crippen molar-refractivity contribution in [2.45, 2.75) is 71.8 Å². The second-order valence-electron chi connectivity index (χ2n) is 8.57. The van der Waals surface area contributed by atoms with E-state index in [9.17, 15) is 14.4 Å². The number of carbonyl (C=O) groups excluding carboxylic acids is 3. The average Bonchev–Trinajstić information content (AvgIpc) is 2.92. The van der Waals surface area contributed by atoms with E-state index in [1.165, 1.54) is 19.1 Å². The molecule has 1 fully saturated rings. The van der Waals surface area contributed by atoms with Gasteiger partial charge in [0.15, 0.2) is 0 Å². The molecule has 26 heavy (non-hydrogen) atoms. The summed E-state index contributed by atoms with van der Waals surface area (Å²) >= 11 is 0. The van der Waals surface area contributed by atoms with Gasteiger partial charge in [0.1, 0.15) is 17.7 Å². The van der Waals surface area contributed by atoms with E-state index in [1.54, 1.807) is 20.8 Å². The minimum Gasteiger partial charge on any atom is -0.467 e. The first-order chi connectivity index (χ1) is 11.8. The predicted molar refractivity (Wildman–Crippen MR) is 95.5 cm³/mol. The number of esters is 1. The molecular formula is C18H32N2O6. The van der Waals surface area contributed by atoms with E-state index in [-0.39, 0.29) is 18.6 Å². The maximum atomic E-state index is 13.2. The van der Waals surface area contributed by atoms with Crippen LogP contribution in [-0.2, 0) is 23.8 Å². The van der Waals surface area contributed by atoms with Gasteiger partial charge in [-0.3, -0.25) is 4.79 Å². The lowest BCUT2D eigenvalue weighted by Gasteiger charge is -2.35. The Balaban J connectivity index is 3.04. The molecule has 3 atom stereocenters. The van der Waals surface area contributed by atoms with Crippen molar-refractivity contribution in [2.24, 2.45) is 5.41 Å². The van der Waals surface area contributed by atoms with Crippen LogP contribution in [0.1, 0.15) is 48.0 Å².